The maximum atomic E-state index is 13.3. The van der Waals surface area contributed by atoms with Crippen molar-refractivity contribution in [2.75, 3.05) is 29.9 Å². The van der Waals surface area contributed by atoms with Gasteiger partial charge >= 0.3 is 0 Å². The lowest BCUT2D eigenvalue weighted by Crippen LogP contribution is -2.44. The van der Waals surface area contributed by atoms with E-state index in [-0.39, 0.29) is 16.6 Å². The molecule has 228 valence electrons. The topological polar surface area (TPSA) is 173 Å². The van der Waals surface area contributed by atoms with Crippen molar-refractivity contribution < 1.29 is 18.1 Å². The summed E-state index contributed by atoms with van der Waals surface area (Å²) in [6, 6.07) is 13.0. The highest BCUT2D eigenvalue weighted by Gasteiger charge is 2.26. The molecule has 1 aliphatic heterocycles. The molecule has 14 nitrogen and oxygen atoms in total. The molecule has 0 atom stereocenters. The van der Waals surface area contributed by atoms with E-state index in [1.165, 1.54) is 6.07 Å². The number of aryl methyl sites for hydroxylation is 1. The summed E-state index contributed by atoms with van der Waals surface area (Å²) in [4.78, 5) is 17.5. The van der Waals surface area contributed by atoms with Crippen LogP contribution in [0.2, 0.25) is 0 Å². The Bertz CT molecular complexity index is 1920. The second kappa shape index (κ2) is 11.9. The molecule has 15 heteroatoms. The number of nitrogens with one attached hydrogen (secondary N) is 3. The van der Waals surface area contributed by atoms with Crippen LogP contribution in [-0.2, 0) is 10.0 Å². The lowest BCUT2D eigenvalue weighted by atomic mass is 10.1. The van der Waals surface area contributed by atoms with E-state index >= 15 is 0 Å². The average molecular weight is 618 g/mol. The monoisotopic (exact) mass is 617 g/mol. The van der Waals surface area contributed by atoms with Crippen LogP contribution in [0.4, 0.5) is 23.0 Å². The van der Waals surface area contributed by atoms with Gasteiger partial charge in [0, 0.05) is 66.2 Å². The van der Waals surface area contributed by atoms with Crippen LogP contribution in [0, 0.1) is 17.0 Å². The Morgan fingerprint density at radius 2 is 1.98 bits per heavy atom. The van der Waals surface area contributed by atoms with Crippen LogP contribution < -0.4 is 19.7 Å². The Morgan fingerprint density at radius 3 is 2.68 bits per heavy atom. The van der Waals surface area contributed by atoms with Gasteiger partial charge in [-0.1, -0.05) is 6.07 Å². The third-order valence-electron chi connectivity index (χ3n) is 7.54. The fourth-order valence-corrected chi connectivity index (χ4v) is 6.69. The zero-order valence-corrected chi connectivity index (χ0v) is 24.9. The Kier molecular flexibility index (Phi) is 7.88. The quantitative estimate of drug-likeness (QED) is 0.150. The normalized spacial score (nSPS) is 14.2. The van der Waals surface area contributed by atoms with Gasteiger partial charge < -0.3 is 15.0 Å². The predicted molar refractivity (Wildman–Crippen MR) is 165 cm³/mol. The van der Waals surface area contributed by atoms with E-state index in [0.717, 1.165) is 16.8 Å². The van der Waals surface area contributed by atoms with E-state index < -0.39 is 14.9 Å². The van der Waals surface area contributed by atoms with Gasteiger partial charge in [0.2, 0.25) is 16.0 Å². The molecule has 1 saturated heterocycles. The average Bonchev–Trinajstić information content (AvgIpc) is 3.69. The van der Waals surface area contributed by atoms with Gasteiger partial charge in [-0.2, -0.15) is 10.1 Å². The largest absolute Gasteiger partial charge is 0.489 e. The fourth-order valence-electron chi connectivity index (χ4n) is 5.30. The lowest BCUT2D eigenvalue weighted by molar-refractivity contribution is -0.384. The standard InChI is InChI=1S/C29H31N9O5S/c1-3-43-27-25(20-17-30-31-18-20)11-14-37-28(27)33-29(34-37)32-26-8-7-24(15-19(26)2)44(41,42)35-21-9-12-36(13-10-21)22-5-4-6-23(16-22)38(39)40/h4-8,11,14-18,21,35H,3,9-10,12-13H2,1-2H3,(H,30,31)(H,32,34). The summed E-state index contributed by atoms with van der Waals surface area (Å²) in [6.07, 6.45) is 6.43. The smallest absolute Gasteiger partial charge is 0.271 e. The minimum atomic E-state index is -3.78. The highest BCUT2D eigenvalue weighted by atomic mass is 32.2. The molecule has 1 fully saturated rings. The molecule has 2 aromatic carbocycles. The maximum Gasteiger partial charge on any atom is 0.271 e. The molecule has 0 amide bonds. The molecule has 0 radical (unpaired) electrons. The molecule has 6 rings (SSSR count). The highest BCUT2D eigenvalue weighted by Crippen LogP contribution is 2.34. The molecule has 0 bridgehead atoms. The summed E-state index contributed by atoms with van der Waals surface area (Å²) in [5.41, 5.74) is 4.39. The fraction of sp³-hybridized carbons (Fsp3) is 0.276. The van der Waals surface area contributed by atoms with Crippen LogP contribution in [0.3, 0.4) is 0 Å². The van der Waals surface area contributed by atoms with Gasteiger partial charge in [-0.25, -0.2) is 17.7 Å². The van der Waals surface area contributed by atoms with Gasteiger partial charge in [0.1, 0.15) is 0 Å². The van der Waals surface area contributed by atoms with Crippen LogP contribution in [0.1, 0.15) is 25.3 Å². The van der Waals surface area contributed by atoms with Crippen molar-refractivity contribution in [2.45, 2.75) is 37.6 Å². The number of fused-ring (bicyclic) bond motifs is 1. The molecule has 3 aromatic heterocycles. The number of sulfonamides is 1. The number of aromatic nitrogens is 5. The number of aromatic amines is 1. The van der Waals surface area contributed by atoms with E-state index in [1.807, 2.05) is 30.9 Å². The predicted octanol–water partition coefficient (Wildman–Crippen LogP) is 4.43. The van der Waals surface area contributed by atoms with Crippen molar-refractivity contribution in [2.24, 2.45) is 0 Å². The minimum Gasteiger partial charge on any atom is -0.489 e. The summed E-state index contributed by atoms with van der Waals surface area (Å²) in [7, 11) is -3.78. The number of non-ortho nitro benzene ring substituents is 1. The second-order valence-electron chi connectivity index (χ2n) is 10.4. The molecule has 5 aromatic rings. The molecule has 0 saturated carbocycles. The van der Waals surface area contributed by atoms with Gasteiger partial charge in [0.05, 0.1) is 22.6 Å². The summed E-state index contributed by atoms with van der Waals surface area (Å²) in [6.45, 7) is 5.32. The van der Waals surface area contributed by atoms with Crippen molar-refractivity contribution in [1.82, 2.24) is 29.5 Å². The number of nitro groups is 1. The zero-order chi connectivity index (χ0) is 30.8. The van der Waals surface area contributed by atoms with Crippen molar-refractivity contribution in [3.05, 3.63) is 82.8 Å². The highest BCUT2D eigenvalue weighted by molar-refractivity contribution is 7.89. The van der Waals surface area contributed by atoms with Crippen LogP contribution in [-0.4, -0.2) is 63.9 Å². The van der Waals surface area contributed by atoms with Crippen LogP contribution in [0.5, 0.6) is 5.75 Å². The van der Waals surface area contributed by atoms with Gasteiger partial charge in [-0.3, -0.25) is 15.2 Å². The van der Waals surface area contributed by atoms with E-state index in [9.17, 15) is 18.5 Å². The third kappa shape index (κ3) is 5.91. The summed E-state index contributed by atoms with van der Waals surface area (Å²) in [5.74, 6) is 0.916. The van der Waals surface area contributed by atoms with E-state index in [2.05, 4.69) is 30.3 Å². The number of nitro benzene ring substituents is 1. The van der Waals surface area contributed by atoms with Gasteiger partial charge in [0.15, 0.2) is 11.4 Å². The van der Waals surface area contributed by atoms with Crippen molar-refractivity contribution in [1.29, 1.82) is 0 Å². The first kappa shape index (κ1) is 29.1. The van der Waals surface area contributed by atoms with E-state index in [4.69, 9.17) is 4.74 Å². The first-order chi connectivity index (χ1) is 21.2. The summed E-state index contributed by atoms with van der Waals surface area (Å²) in [5, 5.41) is 25.7. The summed E-state index contributed by atoms with van der Waals surface area (Å²) >= 11 is 0. The maximum absolute atomic E-state index is 13.3. The van der Waals surface area contributed by atoms with Crippen LogP contribution in [0.25, 0.3) is 16.8 Å². The lowest BCUT2D eigenvalue weighted by Gasteiger charge is -2.33. The Balaban J connectivity index is 1.14. The number of H-pyrrole nitrogens is 1. The molecule has 4 heterocycles. The second-order valence-corrected chi connectivity index (χ2v) is 12.2. The third-order valence-corrected chi connectivity index (χ3v) is 9.05. The van der Waals surface area contributed by atoms with Crippen molar-refractivity contribution in [3.63, 3.8) is 0 Å². The number of benzene rings is 2. The minimum absolute atomic E-state index is 0.0328. The SMILES string of the molecule is CCOc1c(-c2cn[nH]c2)ccn2nc(Nc3ccc(S(=O)(=O)NC4CCN(c5cccc([N+](=O)[O-])c5)CC4)cc3C)nc12. The number of hydrogen-bond acceptors (Lipinski definition) is 10. The van der Waals surface area contributed by atoms with Crippen LogP contribution in [0.15, 0.2) is 72.0 Å². The Morgan fingerprint density at radius 1 is 1.16 bits per heavy atom. The van der Waals surface area contributed by atoms with Gasteiger partial charge in [-0.05, 0) is 62.6 Å². The van der Waals surface area contributed by atoms with Crippen molar-refractivity contribution >= 4 is 38.7 Å². The molecule has 44 heavy (non-hydrogen) atoms. The van der Waals surface area contributed by atoms with E-state index in [1.54, 1.807) is 53.4 Å². The van der Waals surface area contributed by atoms with Gasteiger partial charge in [0.25, 0.3) is 5.69 Å². The zero-order valence-electron chi connectivity index (χ0n) is 24.1. The molecule has 3 N–H and O–H groups in total. The van der Waals surface area contributed by atoms with Crippen molar-refractivity contribution in [3.8, 4) is 16.9 Å². The Labute approximate surface area is 253 Å². The number of ether oxygens (including phenoxy) is 1. The molecular weight excluding hydrogens is 586 g/mol. The number of piperidine rings is 1. The van der Waals surface area contributed by atoms with Gasteiger partial charge in [-0.15, -0.1) is 5.10 Å². The first-order valence-corrected chi connectivity index (χ1v) is 15.6. The number of pyridine rings is 1. The first-order valence-electron chi connectivity index (χ1n) is 14.1. The van der Waals surface area contributed by atoms with E-state index in [0.29, 0.717) is 61.1 Å². The summed E-state index contributed by atoms with van der Waals surface area (Å²) < 4.78 is 36.9. The number of hydrogen-bond donors (Lipinski definition) is 3. The molecular formula is C29H31N9O5S. The van der Waals surface area contributed by atoms with Crippen LogP contribution >= 0.6 is 0 Å². The molecule has 0 unspecified atom stereocenters. The number of anilines is 3. The molecule has 0 aliphatic carbocycles. The Hall–Kier alpha value is -5.02. The molecule has 0 spiro atoms. The number of rotatable bonds is 10. The number of nitrogens with zero attached hydrogens (tertiary/aromatic N) is 6. The molecule has 1 aliphatic rings.